The Bertz CT molecular complexity index is 748. The third-order valence-corrected chi connectivity index (χ3v) is 3.66. The standard InChI is InChI=1S/C14H13BrN4/c1-8-2-3-12(10(15)4-8)18-14-6-13-9(5-11(14)16)7-17-19-13/h2-7,18H,16H2,1H3,(H,17,19). The molecule has 0 aliphatic rings. The first kappa shape index (κ1) is 12.0. The fraction of sp³-hybridized carbons (Fsp3) is 0.0714. The zero-order valence-corrected chi connectivity index (χ0v) is 12.0. The van der Waals surface area contributed by atoms with Gasteiger partial charge in [0.1, 0.15) is 0 Å². The number of nitrogen functional groups attached to an aromatic ring is 1. The molecule has 3 aromatic rings. The van der Waals surface area contributed by atoms with Crippen LogP contribution in [0.4, 0.5) is 17.1 Å². The SMILES string of the molecule is Cc1ccc(Nc2cc3[nH]ncc3cc2N)c(Br)c1. The number of hydrogen-bond acceptors (Lipinski definition) is 3. The van der Waals surface area contributed by atoms with Crippen LogP contribution in [0.25, 0.3) is 10.9 Å². The van der Waals surface area contributed by atoms with Crippen molar-refractivity contribution < 1.29 is 0 Å². The molecule has 96 valence electrons. The summed E-state index contributed by atoms with van der Waals surface area (Å²) in [5.41, 5.74) is 10.8. The van der Waals surface area contributed by atoms with E-state index in [4.69, 9.17) is 5.73 Å². The van der Waals surface area contributed by atoms with Gasteiger partial charge in [-0.05, 0) is 52.7 Å². The number of anilines is 3. The maximum absolute atomic E-state index is 6.05. The topological polar surface area (TPSA) is 66.7 Å². The summed E-state index contributed by atoms with van der Waals surface area (Å²) in [5.74, 6) is 0. The van der Waals surface area contributed by atoms with Gasteiger partial charge in [-0.25, -0.2) is 0 Å². The Morgan fingerprint density at radius 1 is 1.21 bits per heavy atom. The van der Waals surface area contributed by atoms with Crippen LogP contribution in [-0.2, 0) is 0 Å². The Morgan fingerprint density at radius 2 is 2.05 bits per heavy atom. The van der Waals surface area contributed by atoms with Crippen LogP contribution in [0.15, 0.2) is 41.0 Å². The Labute approximate surface area is 119 Å². The summed E-state index contributed by atoms with van der Waals surface area (Å²) < 4.78 is 1.01. The second kappa shape index (κ2) is 4.59. The summed E-state index contributed by atoms with van der Waals surface area (Å²) in [6.45, 7) is 2.06. The highest BCUT2D eigenvalue weighted by Gasteiger charge is 2.06. The highest BCUT2D eigenvalue weighted by atomic mass is 79.9. The molecule has 4 N–H and O–H groups in total. The predicted molar refractivity (Wildman–Crippen MR) is 82.7 cm³/mol. The molecule has 0 radical (unpaired) electrons. The highest BCUT2D eigenvalue weighted by molar-refractivity contribution is 9.10. The van der Waals surface area contributed by atoms with Crippen LogP contribution in [0.2, 0.25) is 0 Å². The maximum atomic E-state index is 6.05. The molecule has 5 heteroatoms. The van der Waals surface area contributed by atoms with Gasteiger partial charge in [-0.15, -0.1) is 0 Å². The molecule has 1 aromatic heterocycles. The number of nitrogens with one attached hydrogen (secondary N) is 2. The van der Waals surface area contributed by atoms with Crippen molar-refractivity contribution in [2.45, 2.75) is 6.92 Å². The first-order valence-electron chi connectivity index (χ1n) is 5.89. The molecule has 0 saturated heterocycles. The molecule has 0 fully saturated rings. The molecule has 0 atom stereocenters. The summed E-state index contributed by atoms with van der Waals surface area (Å²) in [6.07, 6.45) is 1.76. The molecule has 0 spiro atoms. The fourth-order valence-electron chi connectivity index (χ4n) is 1.98. The Balaban J connectivity index is 2.02. The van der Waals surface area contributed by atoms with Crippen molar-refractivity contribution in [1.29, 1.82) is 0 Å². The molecule has 0 bridgehead atoms. The normalized spacial score (nSPS) is 10.8. The minimum Gasteiger partial charge on any atom is -0.397 e. The third kappa shape index (κ3) is 2.29. The average Bonchev–Trinajstić information content (AvgIpc) is 2.80. The summed E-state index contributed by atoms with van der Waals surface area (Å²) in [7, 11) is 0. The van der Waals surface area contributed by atoms with E-state index in [9.17, 15) is 0 Å². The zero-order valence-electron chi connectivity index (χ0n) is 10.4. The zero-order chi connectivity index (χ0) is 13.4. The number of nitrogens with zero attached hydrogens (tertiary/aromatic N) is 1. The Morgan fingerprint density at radius 3 is 2.84 bits per heavy atom. The van der Waals surface area contributed by atoms with Gasteiger partial charge >= 0.3 is 0 Å². The van der Waals surface area contributed by atoms with Crippen LogP contribution in [0.5, 0.6) is 0 Å². The van der Waals surface area contributed by atoms with Crippen molar-refractivity contribution in [3.8, 4) is 0 Å². The lowest BCUT2D eigenvalue weighted by molar-refractivity contribution is 1.12. The van der Waals surface area contributed by atoms with Crippen LogP contribution in [-0.4, -0.2) is 10.2 Å². The van der Waals surface area contributed by atoms with Crippen molar-refractivity contribution in [1.82, 2.24) is 10.2 Å². The summed E-state index contributed by atoms with van der Waals surface area (Å²) in [4.78, 5) is 0. The van der Waals surface area contributed by atoms with Crippen molar-refractivity contribution in [2.24, 2.45) is 0 Å². The highest BCUT2D eigenvalue weighted by Crippen LogP contribution is 2.31. The van der Waals surface area contributed by atoms with E-state index >= 15 is 0 Å². The van der Waals surface area contributed by atoms with E-state index in [2.05, 4.69) is 50.5 Å². The second-order valence-electron chi connectivity index (χ2n) is 4.51. The lowest BCUT2D eigenvalue weighted by Gasteiger charge is -2.11. The number of fused-ring (bicyclic) bond motifs is 1. The molecule has 3 rings (SSSR count). The quantitative estimate of drug-likeness (QED) is 0.627. The van der Waals surface area contributed by atoms with E-state index in [1.807, 2.05) is 18.2 Å². The molecule has 0 saturated carbocycles. The molecule has 4 nitrogen and oxygen atoms in total. The van der Waals surface area contributed by atoms with Crippen molar-refractivity contribution in [3.63, 3.8) is 0 Å². The Kier molecular flexibility index (Phi) is 2.91. The van der Waals surface area contributed by atoms with Gasteiger partial charge in [-0.1, -0.05) is 6.07 Å². The van der Waals surface area contributed by atoms with Gasteiger partial charge in [-0.2, -0.15) is 5.10 Å². The molecule has 19 heavy (non-hydrogen) atoms. The van der Waals surface area contributed by atoms with Crippen molar-refractivity contribution >= 4 is 43.9 Å². The number of nitrogens with two attached hydrogens (primary N) is 1. The summed E-state index contributed by atoms with van der Waals surface area (Å²) >= 11 is 3.55. The van der Waals surface area contributed by atoms with Crippen LogP contribution in [0.3, 0.4) is 0 Å². The lowest BCUT2D eigenvalue weighted by Crippen LogP contribution is -1.97. The monoisotopic (exact) mass is 316 g/mol. The van der Waals surface area contributed by atoms with E-state index in [1.165, 1.54) is 5.56 Å². The first-order chi connectivity index (χ1) is 9.13. The van der Waals surface area contributed by atoms with Gasteiger partial charge in [0, 0.05) is 9.86 Å². The number of hydrogen-bond donors (Lipinski definition) is 3. The Hall–Kier alpha value is -2.01. The first-order valence-corrected chi connectivity index (χ1v) is 6.68. The van der Waals surface area contributed by atoms with Gasteiger partial charge in [-0.3, -0.25) is 5.10 Å². The van der Waals surface area contributed by atoms with Gasteiger partial charge in [0.2, 0.25) is 0 Å². The van der Waals surface area contributed by atoms with Crippen molar-refractivity contribution in [3.05, 3.63) is 46.6 Å². The molecule has 2 aromatic carbocycles. The number of H-pyrrole nitrogens is 1. The fourth-order valence-corrected chi connectivity index (χ4v) is 2.58. The summed E-state index contributed by atoms with van der Waals surface area (Å²) in [5, 5.41) is 11.3. The van der Waals surface area contributed by atoms with E-state index in [-0.39, 0.29) is 0 Å². The van der Waals surface area contributed by atoms with E-state index in [0.29, 0.717) is 5.69 Å². The van der Waals surface area contributed by atoms with Gasteiger partial charge in [0.15, 0.2) is 0 Å². The molecule has 0 aliphatic carbocycles. The molecule has 0 amide bonds. The van der Waals surface area contributed by atoms with Crippen LogP contribution in [0, 0.1) is 6.92 Å². The smallest absolute Gasteiger partial charge is 0.0672 e. The molecular weight excluding hydrogens is 304 g/mol. The maximum Gasteiger partial charge on any atom is 0.0672 e. The van der Waals surface area contributed by atoms with Gasteiger partial charge in [0.25, 0.3) is 0 Å². The minimum absolute atomic E-state index is 0.696. The van der Waals surface area contributed by atoms with Crippen LogP contribution >= 0.6 is 15.9 Å². The van der Waals surface area contributed by atoms with Gasteiger partial charge in [0.05, 0.1) is 28.8 Å². The van der Waals surface area contributed by atoms with E-state index < -0.39 is 0 Å². The predicted octanol–water partition coefficient (Wildman–Crippen LogP) is 3.96. The van der Waals surface area contributed by atoms with E-state index in [1.54, 1.807) is 6.20 Å². The van der Waals surface area contributed by atoms with Crippen LogP contribution < -0.4 is 11.1 Å². The molecule has 1 heterocycles. The lowest BCUT2D eigenvalue weighted by atomic mass is 10.2. The summed E-state index contributed by atoms with van der Waals surface area (Å²) in [6, 6.07) is 10.0. The molecule has 0 unspecified atom stereocenters. The number of aromatic amines is 1. The number of halogens is 1. The number of rotatable bonds is 2. The second-order valence-corrected chi connectivity index (χ2v) is 5.36. The molecule has 0 aliphatic heterocycles. The number of benzene rings is 2. The van der Waals surface area contributed by atoms with Crippen LogP contribution in [0.1, 0.15) is 5.56 Å². The average molecular weight is 317 g/mol. The largest absolute Gasteiger partial charge is 0.397 e. The van der Waals surface area contributed by atoms with Crippen molar-refractivity contribution in [2.75, 3.05) is 11.1 Å². The third-order valence-electron chi connectivity index (χ3n) is 3.00. The number of aryl methyl sites for hydroxylation is 1. The minimum atomic E-state index is 0.696. The van der Waals surface area contributed by atoms with E-state index in [0.717, 1.165) is 26.8 Å². The molecular formula is C14H13BrN4. The number of aromatic nitrogens is 2. The van der Waals surface area contributed by atoms with Gasteiger partial charge < -0.3 is 11.1 Å².